The van der Waals surface area contributed by atoms with Gasteiger partial charge in [0, 0.05) is 63.0 Å². The molecule has 0 aliphatic carbocycles. The molecule has 1 amide bonds. The fraction of sp³-hybridized carbons (Fsp3) is 0.667. The number of halogens is 2. The van der Waals surface area contributed by atoms with E-state index in [2.05, 4.69) is 51.6 Å². The number of amides is 1. The van der Waals surface area contributed by atoms with Gasteiger partial charge in [-0.3, -0.25) is 9.69 Å². The number of hydrogen-bond acceptors (Lipinski definition) is 4. The van der Waals surface area contributed by atoms with Crippen LogP contribution in [0.4, 0.5) is 5.69 Å². The zero-order valence-corrected chi connectivity index (χ0v) is 18.4. The van der Waals surface area contributed by atoms with E-state index >= 15 is 0 Å². The summed E-state index contributed by atoms with van der Waals surface area (Å²) in [5, 5.41) is 6.92. The van der Waals surface area contributed by atoms with E-state index in [-0.39, 0.29) is 30.7 Å². The van der Waals surface area contributed by atoms with Gasteiger partial charge in [0.05, 0.1) is 0 Å². The maximum atomic E-state index is 12.3. The van der Waals surface area contributed by atoms with Gasteiger partial charge in [-0.05, 0) is 50.3 Å². The van der Waals surface area contributed by atoms with E-state index in [0.717, 1.165) is 45.6 Å². The molecule has 28 heavy (non-hydrogen) atoms. The maximum Gasteiger partial charge on any atom is 0.221 e. The zero-order chi connectivity index (χ0) is 17.9. The van der Waals surface area contributed by atoms with Crippen molar-refractivity contribution < 1.29 is 4.79 Å². The number of nitrogens with zero attached hydrogens (tertiary/aromatic N) is 2. The Morgan fingerprint density at radius 1 is 1.11 bits per heavy atom. The van der Waals surface area contributed by atoms with Crippen LogP contribution in [0.2, 0.25) is 0 Å². The summed E-state index contributed by atoms with van der Waals surface area (Å²) in [4.78, 5) is 17.2. The molecule has 158 valence electrons. The standard InChI is InChI=1S/C21H32N4O.2ClH/c1-16-3-2-4-20(13-16)25-11-9-24(10-12-25)8-7-21(26)23-19-14-17-5-6-18(15-19)22-17;;/h2-4,13,17-19,22H,5-12,14-15H2,1H3,(H,23,26);2*1H. The first-order chi connectivity index (χ1) is 12.7. The molecule has 1 aromatic carbocycles. The summed E-state index contributed by atoms with van der Waals surface area (Å²) in [6.45, 7) is 7.19. The maximum absolute atomic E-state index is 12.3. The number of carbonyl (C=O) groups is 1. The molecule has 2 N–H and O–H groups in total. The third-order valence-corrected chi connectivity index (χ3v) is 6.23. The first kappa shape index (κ1) is 23.3. The third-order valence-electron chi connectivity index (χ3n) is 6.23. The van der Waals surface area contributed by atoms with Crippen molar-refractivity contribution in [3.63, 3.8) is 0 Å². The molecule has 1 aromatic rings. The highest BCUT2D eigenvalue weighted by molar-refractivity contribution is 5.85. The Kier molecular flexibility index (Phi) is 8.87. The second kappa shape index (κ2) is 10.7. The van der Waals surface area contributed by atoms with E-state index in [0.29, 0.717) is 24.5 Å². The molecule has 3 aliphatic heterocycles. The minimum atomic E-state index is 0. The number of carbonyl (C=O) groups excluding carboxylic acids is 1. The van der Waals surface area contributed by atoms with Crippen LogP contribution in [-0.4, -0.2) is 61.7 Å². The van der Waals surface area contributed by atoms with Crippen molar-refractivity contribution in [2.24, 2.45) is 0 Å². The number of nitrogens with one attached hydrogen (secondary N) is 2. The summed E-state index contributed by atoms with van der Waals surface area (Å²) in [6.07, 6.45) is 5.41. The topological polar surface area (TPSA) is 47.6 Å². The lowest BCUT2D eigenvalue weighted by atomic mass is 10.00. The molecule has 0 radical (unpaired) electrons. The van der Waals surface area contributed by atoms with Gasteiger partial charge in [0.2, 0.25) is 5.91 Å². The fourth-order valence-corrected chi connectivity index (χ4v) is 4.79. The van der Waals surface area contributed by atoms with E-state index in [9.17, 15) is 4.79 Å². The fourth-order valence-electron chi connectivity index (χ4n) is 4.79. The molecule has 2 atom stereocenters. The van der Waals surface area contributed by atoms with Crippen LogP contribution < -0.4 is 15.5 Å². The van der Waals surface area contributed by atoms with Crippen molar-refractivity contribution in [2.75, 3.05) is 37.6 Å². The van der Waals surface area contributed by atoms with Gasteiger partial charge in [-0.1, -0.05) is 12.1 Å². The minimum Gasteiger partial charge on any atom is -0.369 e. The molecule has 7 heteroatoms. The molecule has 4 rings (SSSR count). The lowest BCUT2D eigenvalue weighted by molar-refractivity contribution is -0.122. The highest BCUT2D eigenvalue weighted by Crippen LogP contribution is 2.26. The highest BCUT2D eigenvalue weighted by Gasteiger charge is 2.33. The number of hydrogen-bond donors (Lipinski definition) is 2. The Morgan fingerprint density at radius 3 is 2.43 bits per heavy atom. The van der Waals surface area contributed by atoms with Gasteiger partial charge < -0.3 is 15.5 Å². The summed E-state index contributed by atoms with van der Waals surface area (Å²) < 4.78 is 0. The molecule has 3 saturated heterocycles. The monoisotopic (exact) mass is 428 g/mol. The van der Waals surface area contributed by atoms with Crippen LogP contribution in [0.15, 0.2) is 24.3 Å². The van der Waals surface area contributed by atoms with Crippen LogP contribution in [0.25, 0.3) is 0 Å². The number of fused-ring (bicyclic) bond motifs is 2. The lowest BCUT2D eigenvalue weighted by Gasteiger charge is -2.36. The van der Waals surface area contributed by atoms with Gasteiger partial charge in [-0.15, -0.1) is 24.8 Å². The molecule has 0 saturated carbocycles. The van der Waals surface area contributed by atoms with Crippen molar-refractivity contribution in [3.8, 4) is 0 Å². The van der Waals surface area contributed by atoms with Gasteiger partial charge in [0.1, 0.15) is 0 Å². The van der Waals surface area contributed by atoms with E-state index in [1.54, 1.807) is 0 Å². The summed E-state index contributed by atoms with van der Waals surface area (Å²) in [7, 11) is 0. The van der Waals surface area contributed by atoms with Crippen molar-refractivity contribution >= 4 is 36.4 Å². The summed E-state index contributed by atoms with van der Waals surface area (Å²) in [5.41, 5.74) is 2.64. The number of piperidine rings is 1. The Bertz CT molecular complexity index is 625. The summed E-state index contributed by atoms with van der Waals surface area (Å²) in [6, 6.07) is 10.4. The molecule has 5 nitrogen and oxygen atoms in total. The first-order valence-electron chi connectivity index (χ1n) is 10.2. The molecule has 3 aliphatic rings. The van der Waals surface area contributed by atoms with E-state index in [1.807, 2.05) is 0 Å². The van der Waals surface area contributed by atoms with Gasteiger partial charge in [0.25, 0.3) is 0 Å². The van der Waals surface area contributed by atoms with Crippen molar-refractivity contribution in [1.29, 1.82) is 0 Å². The smallest absolute Gasteiger partial charge is 0.221 e. The Hall–Kier alpha value is -1.01. The quantitative estimate of drug-likeness (QED) is 0.756. The van der Waals surface area contributed by atoms with Crippen LogP contribution in [-0.2, 0) is 4.79 Å². The summed E-state index contributed by atoms with van der Waals surface area (Å²) >= 11 is 0. The van der Waals surface area contributed by atoms with Crippen LogP contribution in [0.3, 0.4) is 0 Å². The first-order valence-corrected chi connectivity index (χ1v) is 10.2. The molecule has 3 heterocycles. The summed E-state index contributed by atoms with van der Waals surface area (Å²) in [5.74, 6) is 0.234. The van der Waals surface area contributed by atoms with Crippen molar-refractivity contribution in [1.82, 2.24) is 15.5 Å². The molecule has 0 aromatic heterocycles. The molecule has 2 bridgehead atoms. The Labute approximate surface area is 181 Å². The molecule has 2 unspecified atom stereocenters. The van der Waals surface area contributed by atoms with Gasteiger partial charge in [-0.25, -0.2) is 0 Å². The second-order valence-electron chi connectivity index (χ2n) is 8.29. The molecule has 0 spiro atoms. The Balaban J connectivity index is 0.00000140. The number of anilines is 1. The van der Waals surface area contributed by atoms with E-state index in [4.69, 9.17) is 0 Å². The van der Waals surface area contributed by atoms with Gasteiger partial charge in [-0.2, -0.15) is 0 Å². The lowest BCUT2D eigenvalue weighted by Crippen LogP contribution is -2.49. The van der Waals surface area contributed by atoms with Crippen LogP contribution in [0.5, 0.6) is 0 Å². The van der Waals surface area contributed by atoms with E-state index < -0.39 is 0 Å². The SMILES string of the molecule is Cc1cccc(N2CCN(CCC(=O)NC3CC4CCC(C3)N4)CC2)c1.Cl.Cl. The largest absolute Gasteiger partial charge is 0.369 e. The molecule has 3 fully saturated rings. The normalized spacial score (nSPS) is 26.9. The van der Waals surface area contributed by atoms with Gasteiger partial charge >= 0.3 is 0 Å². The number of piperazine rings is 1. The molecular formula is C21H34Cl2N4O. The van der Waals surface area contributed by atoms with Crippen LogP contribution >= 0.6 is 24.8 Å². The number of aryl methyl sites for hydroxylation is 1. The predicted octanol–water partition coefficient (Wildman–Crippen LogP) is 2.75. The number of rotatable bonds is 5. The average molecular weight is 429 g/mol. The van der Waals surface area contributed by atoms with Crippen molar-refractivity contribution in [3.05, 3.63) is 29.8 Å². The van der Waals surface area contributed by atoms with Crippen LogP contribution in [0, 0.1) is 6.92 Å². The van der Waals surface area contributed by atoms with Gasteiger partial charge in [0.15, 0.2) is 0 Å². The third kappa shape index (κ3) is 5.99. The highest BCUT2D eigenvalue weighted by atomic mass is 35.5. The predicted molar refractivity (Wildman–Crippen MR) is 120 cm³/mol. The Morgan fingerprint density at radius 2 is 1.79 bits per heavy atom. The van der Waals surface area contributed by atoms with E-state index in [1.165, 1.54) is 24.1 Å². The number of benzene rings is 1. The minimum absolute atomic E-state index is 0. The van der Waals surface area contributed by atoms with Crippen molar-refractivity contribution in [2.45, 2.75) is 57.2 Å². The second-order valence-corrected chi connectivity index (χ2v) is 8.29. The zero-order valence-electron chi connectivity index (χ0n) is 16.7. The van der Waals surface area contributed by atoms with Crippen LogP contribution in [0.1, 0.15) is 37.7 Å². The molecular weight excluding hydrogens is 395 g/mol. The average Bonchev–Trinajstić information content (AvgIpc) is 2.99.